The Morgan fingerprint density at radius 2 is 0.965 bits per heavy atom. The van der Waals surface area contributed by atoms with E-state index < -0.39 is 0 Å². The highest BCUT2D eigenvalue weighted by atomic mass is 15.0. The number of aromatic nitrogens is 3. The van der Waals surface area contributed by atoms with Crippen LogP contribution >= 0.6 is 0 Å². The number of nitrogens with zero attached hydrogens (tertiary/aromatic N) is 5. The number of fused-ring (bicyclic) bond motifs is 5. The lowest BCUT2D eigenvalue weighted by molar-refractivity contribution is 1.04. The molecular weight excluding hydrogens is 695 g/mol. The van der Waals surface area contributed by atoms with Crippen LogP contribution in [0.2, 0.25) is 0 Å². The van der Waals surface area contributed by atoms with Crippen molar-refractivity contribution in [1.82, 2.24) is 15.0 Å². The van der Waals surface area contributed by atoms with Gasteiger partial charge in [0.25, 0.3) is 0 Å². The van der Waals surface area contributed by atoms with Crippen LogP contribution < -0.4 is 0 Å². The Hall–Kier alpha value is -7.99. The van der Waals surface area contributed by atoms with Gasteiger partial charge in [0.2, 0.25) is 0 Å². The number of benzene rings is 8. The fraction of sp³-hybridized carbons (Fsp3) is 0.0192. The van der Waals surface area contributed by atoms with Crippen LogP contribution in [0.1, 0.15) is 12.7 Å². The topological polar surface area (TPSA) is 47.4 Å². The second-order valence-electron chi connectivity index (χ2n) is 13.8. The van der Waals surface area contributed by atoms with Crippen LogP contribution in [-0.2, 0) is 0 Å². The highest BCUT2D eigenvalue weighted by Gasteiger charge is 2.17. The van der Waals surface area contributed by atoms with Gasteiger partial charge < -0.3 is 0 Å². The van der Waals surface area contributed by atoms with Crippen LogP contribution in [0.5, 0.6) is 0 Å². The van der Waals surface area contributed by atoms with Gasteiger partial charge in [0.05, 0.1) is 13.1 Å². The van der Waals surface area contributed by atoms with Crippen LogP contribution in [0.3, 0.4) is 0 Å². The summed E-state index contributed by atoms with van der Waals surface area (Å²) in [5.74, 6) is 1.79. The molecule has 0 fully saturated rings. The van der Waals surface area contributed by atoms with Crippen molar-refractivity contribution < 1.29 is 0 Å². The number of hydrogen-bond donors (Lipinski definition) is 0. The Labute approximate surface area is 331 Å². The minimum absolute atomic E-state index is 0.463. The summed E-state index contributed by atoms with van der Waals surface area (Å²) in [5.41, 5.74) is 9.83. The minimum Gasteiger partial charge on any atom is -0.239 e. The first-order chi connectivity index (χ1) is 28.0. The largest absolute Gasteiger partial charge is 0.239 e. The van der Waals surface area contributed by atoms with Crippen molar-refractivity contribution in [1.29, 1.82) is 0 Å². The SMILES string of the molecule is [C-]#[N+]c1cc([N+]#[C-])cc(-c2ccc(-c3cc4c5ccccc5c(-c5cccc(-c6nc(/C(C=C)=C/C)nc(-c7ccccc7)n6)c5)cc4c4ccccc34)cc2)c1. The van der Waals surface area contributed by atoms with E-state index in [9.17, 15) is 0 Å². The summed E-state index contributed by atoms with van der Waals surface area (Å²) < 4.78 is 0. The Kier molecular flexibility index (Phi) is 8.95. The molecule has 5 heteroatoms. The number of hydrogen-bond acceptors (Lipinski definition) is 3. The molecule has 0 unspecified atom stereocenters. The molecule has 9 rings (SSSR count). The average Bonchev–Trinajstić information content (AvgIpc) is 3.29. The normalized spacial score (nSPS) is 11.4. The van der Waals surface area contributed by atoms with Crippen molar-refractivity contribution >= 4 is 49.3 Å². The summed E-state index contributed by atoms with van der Waals surface area (Å²) in [6.07, 6.45) is 3.74. The Balaban J connectivity index is 1.20. The summed E-state index contributed by atoms with van der Waals surface area (Å²) >= 11 is 0. The van der Waals surface area contributed by atoms with Gasteiger partial charge in [-0.15, -0.1) is 0 Å². The van der Waals surface area contributed by atoms with E-state index in [4.69, 9.17) is 28.1 Å². The zero-order valence-electron chi connectivity index (χ0n) is 31.1. The third-order valence-electron chi connectivity index (χ3n) is 10.5. The van der Waals surface area contributed by atoms with Gasteiger partial charge in [0.15, 0.2) is 28.8 Å². The van der Waals surface area contributed by atoms with Gasteiger partial charge in [0, 0.05) is 16.7 Å². The van der Waals surface area contributed by atoms with Crippen molar-refractivity contribution in [3.8, 4) is 56.2 Å². The van der Waals surface area contributed by atoms with Crippen LogP contribution in [0.25, 0.3) is 104 Å². The molecule has 0 bridgehead atoms. The van der Waals surface area contributed by atoms with Gasteiger partial charge in [-0.25, -0.2) is 24.6 Å². The predicted octanol–water partition coefficient (Wildman–Crippen LogP) is 14.4. The standard InChI is InChI=1S/C52H33N5/c1-5-33(6-2)50-55-51(36-15-8-7-9-16-36)57-52(56-50)38-18-14-17-37(27-38)47-32-49-44-21-12-10-19-42(44)46(31-48(49)45-22-13-11-20-43(45)47)35-25-23-34(24-26-35)39-28-40(53-3)30-41(29-39)54-4/h5-32H,1H2,2H3/b33-6+. The van der Waals surface area contributed by atoms with E-state index in [1.54, 1.807) is 12.1 Å². The molecule has 9 aromatic rings. The van der Waals surface area contributed by atoms with Crippen LogP contribution in [0.4, 0.5) is 11.4 Å². The van der Waals surface area contributed by atoms with E-state index in [1.807, 2.05) is 55.5 Å². The highest BCUT2D eigenvalue weighted by Crippen LogP contribution is 2.43. The molecule has 1 aromatic heterocycles. The molecule has 266 valence electrons. The lowest BCUT2D eigenvalue weighted by atomic mass is 9.87. The van der Waals surface area contributed by atoms with E-state index in [1.165, 1.54) is 21.5 Å². The lowest BCUT2D eigenvalue weighted by Gasteiger charge is -2.17. The van der Waals surface area contributed by atoms with E-state index in [2.05, 4.69) is 125 Å². The van der Waals surface area contributed by atoms with Crippen LogP contribution in [0.15, 0.2) is 176 Å². The molecule has 0 spiro atoms. The fourth-order valence-corrected chi connectivity index (χ4v) is 7.68. The van der Waals surface area contributed by atoms with E-state index in [0.717, 1.165) is 60.9 Å². The summed E-state index contributed by atoms with van der Waals surface area (Å²) in [4.78, 5) is 21.9. The first-order valence-corrected chi connectivity index (χ1v) is 18.6. The quantitative estimate of drug-likeness (QED) is 0.0933. The second kappa shape index (κ2) is 14.7. The third kappa shape index (κ3) is 6.40. The maximum Gasteiger partial charge on any atom is 0.177 e. The first kappa shape index (κ1) is 34.8. The molecule has 0 aliphatic rings. The summed E-state index contributed by atoms with van der Waals surface area (Å²) in [7, 11) is 0. The van der Waals surface area contributed by atoms with E-state index in [0.29, 0.717) is 28.8 Å². The molecule has 8 aromatic carbocycles. The first-order valence-electron chi connectivity index (χ1n) is 18.6. The summed E-state index contributed by atoms with van der Waals surface area (Å²) in [5, 5.41) is 6.99. The molecule has 0 amide bonds. The van der Waals surface area contributed by atoms with E-state index in [-0.39, 0.29) is 0 Å². The third-order valence-corrected chi connectivity index (χ3v) is 10.5. The Bertz CT molecular complexity index is 3130. The molecule has 0 atom stereocenters. The van der Waals surface area contributed by atoms with Gasteiger partial charge >= 0.3 is 0 Å². The van der Waals surface area contributed by atoms with Crippen LogP contribution in [0, 0.1) is 13.1 Å². The Morgan fingerprint density at radius 1 is 0.456 bits per heavy atom. The average molecular weight is 728 g/mol. The van der Waals surface area contributed by atoms with Gasteiger partial charge in [-0.05, 0) is 90.8 Å². The van der Waals surface area contributed by atoms with Crippen molar-refractivity contribution in [2.75, 3.05) is 0 Å². The van der Waals surface area contributed by atoms with E-state index >= 15 is 0 Å². The molecule has 0 N–H and O–H groups in total. The molecule has 0 aliphatic carbocycles. The molecule has 1 heterocycles. The van der Waals surface area contributed by atoms with Gasteiger partial charge in [-0.3, -0.25) is 0 Å². The van der Waals surface area contributed by atoms with Crippen molar-refractivity contribution in [3.63, 3.8) is 0 Å². The van der Waals surface area contributed by atoms with Crippen molar-refractivity contribution in [3.05, 3.63) is 205 Å². The van der Waals surface area contributed by atoms with Gasteiger partial charge in [0.1, 0.15) is 0 Å². The van der Waals surface area contributed by atoms with Gasteiger partial charge in [-0.2, -0.15) is 0 Å². The summed E-state index contributed by atoms with van der Waals surface area (Å²) in [6, 6.07) is 54.1. The van der Waals surface area contributed by atoms with Crippen molar-refractivity contribution in [2.45, 2.75) is 6.92 Å². The maximum atomic E-state index is 7.51. The second-order valence-corrected chi connectivity index (χ2v) is 13.8. The van der Waals surface area contributed by atoms with Crippen molar-refractivity contribution in [2.24, 2.45) is 0 Å². The summed E-state index contributed by atoms with van der Waals surface area (Å²) in [6.45, 7) is 21.0. The number of allylic oxidation sites excluding steroid dienone is 3. The number of rotatable bonds is 7. The molecular formula is C52H33N5. The van der Waals surface area contributed by atoms with Gasteiger partial charge in [-0.1, -0.05) is 158 Å². The zero-order valence-corrected chi connectivity index (χ0v) is 31.1. The zero-order chi connectivity index (χ0) is 38.9. The minimum atomic E-state index is 0.463. The predicted molar refractivity (Wildman–Crippen MR) is 236 cm³/mol. The highest BCUT2D eigenvalue weighted by molar-refractivity contribution is 6.23. The maximum absolute atomic E-state index is 7.51. The Morgan fingerprint density at radius 3 is 1.54 bits per heavy atom. The lowest BCUT2D eigenvalue weighted by Crippen LogP contribution is -2.02. The fourth-order valence-electron chi connectivity index (χ4n) is 7.68. The monoisotopic (exact) mass is 727 g/mol. The smallest absolute Gasteiger partial charge is 0.177 e. The molecule has 0 saturated carbocycles. The molecule has 0 radical (unpaired) electrons. The molecule has 57 heavy (non-hydrogen) atoms. The molecule has 0 aliphatic heterocycles. The molecule has 5 nitrogen and oxygen atoms in total. The van der Waals surface area contributed by atoms with Crippen LogP contribution in [-0.4, -0.2) is 15.0 Å². The molecule has 0 saturated heterocycles.